The van der Waals surface area contributed by atoms with E-state index in [1.54, 1.807) is 6.07 Å². The van der Waals surface area contributed by atoms with Gasteiger partial charge in [0.15, 0.2) is 0 Å². The van der Waals surface area contributed by atoms with E-state index in [1.165, 1.54) is 12.1 Å². The van der Waals surface area contributed by atoms with Gasteiger partial charge in [-0.2, -0.15) is 0 Å². The Labute approximate surface area is 104 Å². The van der Waals surface area contributed by atoms with Gasteiger partial charge in [0.1, 0.15) is 12.4 Å². The van der Waals surface area contributed by atoms with Crippen LogP contribution in [0.15, 0.2) is 18.2 Å². The highest BCUT2D eigenvalue weighted by Crippen LogP contribution is 2.19. The molecule has 0 radical (unpaired) electrons. The number of carboxylic acids is 1. The largest absolute Gasteiger partial charge is 0.494 e. The van der Waals surface area contributed by atoms with Crippen molar-refractivity contribution < 1.29 is 24.2 Å². The van der Waals surface area contributed by atoms with Crippen molar-refractivity contribution in [3.8, 4) is 5.75 Å². The first kappa shape index (κ1) is 13.8. The van der Waals surface area contributed by atoms with Gasteiger partial charge in [-0.3, -0.25) is 4.79 Å². The molecule has 0 atom stereocenters. The van der Waals surface area contributed by atoms with Gasteiger partial charge >= 0.3 is 11.9 Å². The van der Waals surface area contributed by atoms with Crippen LogP contribution in [0.3, 0.4) is 0 Å². The summed E-state index contributed by atoms with van der Waals surface area (Å²) in [7, 11) is 0. The fourth-order valence-electron chi connectivity index (χ4n) is 1.30. The average Bonchev–Trinajstić information content (AvgIpc) is 2.28. The van der Waals surface area contributed by atoms with Crippen LogP contribution in [0, 0.1) is 0 Å². The van der Waals surface area contributed by atoms with Gasteiger partial charge in [0.25, 0.3) is 0 Å². The Morgan fingerprint density at radius 2 is 2.06 bits per heavy atom. The molecule has 6 heteroatoms. The van der Waals surface area contributed by atoms with E-state index in [0.29, 0.717) is 18.0 Å². The smallest absolute Gasteiger partial charge is 0.338 e. The number of carbonyl (C=O) groups is 2. The third-order valence-electron chi connectivity index (χ3n) is 2.02. The van der Waals surface area contributed by atoms with Crippen molar-refractivity contribution in [3.63, 3.8) is 0 Å². The van der Waals surface area contributed by atoms with Crippen molar-refractivity contribution in [1.82, 2.24) is 0 Å². The highest BCUT2D eigenvalue weighted by molar-refractivity contribution is 5.91. The molecular formula is C12H15NO5. The second kappa shape index (κ2) is 6.48. The van der Waals surface area contributed by atoms with E-state index in [4.69, 9.17) is 20.3 Å². The highest BCUT2D eigenvalue weighted by Gasteiger charge is 2.10. The zero-order chi connectivity index (χ0) is 13.5. The summed E-state index contributed by atoms with van der Waals surface area (Å²) in [4.78, 5) is 21.9. The molecule has 3 N–H and O–H groups in total. The minimum Gasteiger partial charge on any atom is -0.494 e. The van der Waals surface area contributed by atoms with Gasteiger partial charge in [0.05, 0.1) is 18.6 Å². The SMILES string of the molecule is CCOc1cc(N)cc(C(=O)OCCC(=O)O)c1. The molecule has 0 unspecified atom stereocenters. The molecule has 0 aliphatic carbocycles. The molecule has 0 spiro atoms. The number of ether oxygens (including phenoxy) is 2. The number of carboxylic acid groups (broad SMARTS) is 1. The molecule has 0 saturated carbocycles. The van der Waals surface area contributed by atoms with E-state index in [1.807, 2.05) is 6.92 Å². The lowest BCUT2D eigenvalue weighted by Gasteiger charge is -2.08. The molecule has 0 heterocycles. The molecule has 0 aliphatic rings. The number of rotatable bonds is 6. The zero-order valence-corrected chi connectivity index (χ0v) is 10.0. The molecular weight excluding hydrogens is 238 g/mol. The van der Waals surface area contributed by atoms with E-state index in [-0.39, 0.29) is 18.6 Å². The predicted molar refractivity (Wildman–Crippen MR) is 64.6 cm³/mol. The second-order valence-electron chi connectivity index (χ2n) is 3.50. The molecule has 0 aliphatic heterocycles. The molecule has 0 fully saturated rings. The summed E-state index contributed by atoms with van der Waals surface area (Å²) in [6.45, 7) is 2.10. The van der Waals surface area contributed by atoms with Crippen LogP contribution in [0.4, 0.5) is 5.69 Å². The Bertz CT molecular complexity index is 444. The lowest BCUT2D eigenvalue weighted by molar-refractivity contribution is -0.137. The maximum atomic E-state index is 11.6. The van der Waals surface area contributed by atoms with Crippen molar-refractivity contribution in [2.75, 3.05) is 18.9 Å². The van der Waals surface area contributed by atoms with Gasteiger partial charge in [-0.15, -0.1) is 0 Å². The Morgan fingerprint density at radius 1 is 1.33 bits per heavy atom. The number of aliphatic carboxylic acids is 1. The fraction of sp³-hybridized carbons (Fsp3) is 0.333. The summed E-state index contributed by atoms with van der Waals surface area (Å²) >= 11 is 0. The first-order valence-electron chi connectivity index (χ1n) is 5.45. The standard InChI is InChI=1S/C12H15NO5/c1-2-17-10-6-8(5-9(13)7-10)12(16)18-4-3-11(14)15/h5-7H,2-4,13H2,1H3,(H,14,15). The summed E-state index contributed by atoms with van der Waals surface area (Å²) < 4.78 is 10.0. The molecule has 1 aromatic carbocycles. The third kappa shape index (κ3) is 4.32. The Morgan fingerprint density at radius 3 is 2.67 bits per heavy atom. The number of carbonyl (C=O) groups excluding carboxylic acids is 1. The van der Waals surface area contributed by atoms with Crippen LogP contribution in [0.2, 0.25) is 0 Å². The van der Waals surface area contributed by atoms with Crippen molar-refractivity contribution in [2.24, 2.45) is 0 Å². The number of hydrogen-bond acceptors (Lipinski definition) is 5. The summed E-state index contributed by atoms with van der Waals surface area (Å²) in [6, 6.07) is 4.55. The molecule has 0 saturated heterocycles. The lowest BCUT2D eigenvalue weighted by Crippen LogP contribution is -2.10. The van der Waals surface area contributed by atoms with Gasteiger partial charge < -0.3 is 20.3 Å². The normalized spacial score (nSPS) is 9.83. The first-order chi connectivity index (χ1) is 8.52. The van der Waals surface area contributed by atoms with Crippen LogP contribution in [-0.2, 0) is 9.53 Å². The molecule has 18 heavy (non-hydrogen) atoms. The van der Waals surface area contributed by atoms with Crippen LogP contribution >= 0.6 is 0 Å². The van der Waals surface area contributed by atoms with Gasteiger partial charge in [-0.05, 0) is 19.1 Å². The molecule has 0 aromatic heterocycles. The van der Waals surface area contributed by atoms with Crippen molar-refractivity contribution in [1.29, 1.82) is 0 Å². The third-order valence-corrected chi connectivity index (χ3v) is 2.02. The van der Waals surface area contributed by atoms with Crippen LogP contribution in [0.5, 0.6) is 5.75 Å². The monoisotopic (exact) mass is 253 g/mol. The van der Waals surface area contributed by atoms with Gasteiger partial charge in [0.2, 0.25) is 0 Å². The van der Waals surface area contributed by atoms with Crippen LogP contribution in [0.1, 0.15) is 23.7 Å². The summed E-state index contributed by atoms with van der Waals surface area (Å²) in [6.07, 6.45) is -0.230. The molecule has 1 rings (SSSR count). The minimum absolute atomic E-state index is 0.174. The summed E-state index contributed by atoms with van der Waals surface area (Å²) in [5.41, 5.74) is 6.24. The van der Waals surface area contributed by atoms with Gasteiger partial charge in [-0.25, -0.2) is 4.79 Å². The number of anilines is 1. The zero-order valence-electron chi connectivity index (χ0n) is 10.0. The van der Waals surface area contributed by atoms with E-state index in [9.17, 15) is 9.59 Å². The van der Waals surface area contributed by atoms with Crippen molar-refractivity contribution in [2.45, 2.75) is 13.3 Å². The Hall–Kier alpha value is -2.24. The number of hydrogen-bond donors (Lipinski definition) is 2. The maximum absolute atomic E-state index is 11.6. The van der Waals surface area contributed by atoms with Crippen molar-refractivity contribution >= 4 is 17.6 Å². The minimum atomic E-state index is -1.02. The van der Waals surface area contributed by atoms with Gasteiger partial charge in [0, 0.05) is 11.8 Å². The second-order valence-corrected chi connectivity index (χ2v) is 3.50. The first-order valence-corrected chi connectivity index (χ1v) is 5.45. The van der Waals surface area contributed by atoms with E-state index < -0.39 is 11.9 Å². The maximum Gasteiger partial charge on any atom is 0.338 e. The fourth-order valence-corrected chi connectivity index (χ4v) is 1.30. The molecule has 6 nitrogen and oxygen atoms in total. The Kier molecular flexibility index (Phi) is 4.98. The van der Waals surface area contributed by atoms with Crippen LogP contribution in [0.25, 0.3) is 0 Å². The summed E-state index contributed by atoms with van der Waals surface area (Å²) in [5, 5.41) is 8.42. The number of nitrogens with two attached hydrogens (primary N) is 1. The number of benzene rings is 1. The highest BCUT2D eigenvalue weighted by atomic mass is 16.5. The molecule has 0 bridgehead atoms. The molecule has 98 valence electrons. The number of nitrogen functional groups attached to an aromatic ring is 1. The topological polar surface area (TPSA) is 98.9 Å². The predicted octanol–water partition coefficient (Wildman–Crippen LogP) is 1.30. The summed E-state index contributed by atoms with van der Waals surface area (Å²) in [5.74, 6) is -1.17. The van der Waals surface area contributed by atoms with Crippen LogP contribution < -0.4 is 10.5 Å². The quantitative estimate of drug-likeness (QED) is 0.585. The van der Waals surface area contributed by atoms with E-state index in [2.05, 4.69) is 0 Å². The average molecular weight is 253 g/mol. The lowest BCUT2D eigenvalue weighted by atomic mass is 10.2. The molecule has 0 amide bonds. The van der Waals surface area contributed by atoms with E-state index in [0.717, 1.165) is 0 Å². The molecule has 1 aromatic rings. The van der Waals surface area contributed by atoms with Crippen molar-refractivity contribution in [3.05, 3.63) is 23.8 Å². The van der Waals surface area contributed by atoms with Gasteiger partial charge in [-0.1, -0.05) is 0 Å². The Balaban J connectivity index is 2.69. The van der Waals surface area contributed by atoms with Crippen LogP contribution in [-0.4, -0.2) is 30.3 Å². The number of esters is 1. The van der Waals surface area contributed by atoms with E-state index >= 15 is 0 Å².